The van der Waals surface area contributed by atoms with E-state index in [1.165, 1.54) is 6.07 Å². The highest BCUT2D eigenvalue weighted by Gasteiger charge is 2.12. The first-order valence-electron chi connectivity index (χ1n) is 5.38. The SMILES string of the molecule is Nc1ncccc1CC(N)c1ccccc1F. The zero-order valence-corrected chi connectivity index (χ0v) is 9.31. The molecule has 17 heavy (non-hydrogen) atoms. The molecule has 0 aliphatic rings. The van der Waals surface area contributed by atoms with Gasteiger partial charge in [-0.15, -0.1) is 0 Å². The van der Waals surface area contributed by atoms with Gasteiger partial charge in [-0.3, -0.25) is 0 Å². The fraction of sp³-hybridized carbons (Fsp3) is 0.154. The van der Waals surface area contributed by atoms with E-state index in [-0.39, 0.29) is 5.82 Å². The molecule has 0 fully saturated rings. The summed E-state index contributed by atoms with van der Waals surface area (Å²) in [7, 11) is 0. The summed E-state index contributed by atoms with van der Waals surface area (Å²) in [5.41, 5.74) is 13.0. The smallest absolute Gasteiger partial charge is 0.127 e. The van der Waals surface area contributed by atoms with Gasteiger partial charge in [0.15, 0.2) is 0 Å². The predicted molar refractivity (Wildman–Crippen MR) is 65.7 cm³/mol. The van der Waals surface area contributed by atoms with Crippen LogP contribution < -0.4 is 11.5 Å². The number of pyridine rings is 1. The Labute approximate surface area is 99.3 Å². The number of hydrogen-bond donors (Lipinski definition) is 2. The number of nitrogen functional groups attached to an aromatic ring is 1. The zero-order valence-electron chi connectivity index (χ0n) is 9.31. The van der Waals surface area contributed by atoms with Crippen molar-refractivity contribution in [3.8, 4) is 0 Å². The Morgan fingerprint density at radius 2 is 1.94 bits per heavy atom. The van der Waals surface area contributed by atoms with E-state index in [2.05, 4.69) is 4.98 Å². The third kappa shape index (κ3) is 2.60. The summed E-state index contributed by atoms with van der Waals surface area (Å²) in [4.78, 5) is 3.98. The van der Waals surface area contributed by atoms with E-state index in [9.17, 15) is 4.39 Å². The molecule has 0 saturated carbocycles. The Balaban J connectivity index is 2.20. The first-order valence-corrected chi connectivity index (χ1v) is 5.38. The number of aromatic nitrogens is 1. The molecule has 0 saturated heterocycles. The maximum Gasteiger partial charge on any atom is 0.127 e. The molecule has 1 atom stereocenters. The van der Waals surface area contributed by atoms with Crippen LogP contribution in [-0.2, 0) is 6.42 Å². The molecule has 88 valence electrons. The van der Waals surface area contributed by atoms with Crippen LogP contribution >= 0.6 is 0 Å². The summed E-state index contributed by atoms with van der Waals surface area (Å²) in [6, 6.07) is 9.73. The van der Waals surface area contributed by atoms with Crippen molar-refractivity contribution >= 4 is 5.82 Å². The third-order valence-electron chi connectivity index (χ3n) is 2.67. The Morgan fingerprint density at radius 3 is 2.65 bits per heavy atom. The minimum Gasteiger partial charge on any atom is -0.383 e. The van der Waals surface area contributed by atoms with Crippen molar-refractivity contribution in [2.45, 2.75) is 12.5 Å². The van der Waals surface area contributed by atoms with Gasteiger partial charge >= 0.3 is 0 Å². The standard InChI is InChI=1S/C13H14FN3/c14-11-6-2-1-5-10(11)12(15)8-9-4-3-7-17-13(9)16/h1-7,12H,8,15H2,(H2,16,17). The van der Waals surface area contributed by atoms with Crippen molar-refractivity contribution in [2.75, 3.05) is 5.73 Å². The second kappa shape index (κ2) is 4.93. The average molecular weight is 231 g/mol. The van der Waals surface area contributed by atoms with Crippen LogP contribution in [0.1, 0.15) is 17.2 Å². The highest BCUT2D eigenvalue weighted by atomic mass is 19.1. The highest BCUT2D eigenvalue weighted by molar-refractivity contribution is 5.39. The van der Waals surface area contributed by atoms with Crippen LogP contribution in [-0.4, -0.2) is 4.98 Å². The summed E-state index contributed by atoms with van der Waals surface area (Å²) in [5, 5.41) is 0. The molecular weight excluding hydrogens is 217 g/mol. The Morgan fingerprint density at radius 1 is 1.18 bits per heavy atom. The maximum atomic E-state index is 13.5. The number of anilines is 1. The molecule has 0 aliphatic heterocycles. The van der Waals surface area contributed by atoms with Gasteiger partial charge in [-0.1, -0.05) is 24.3 Å². The lowest BCUT2D eigenvalue weighted by molar-refractivity contribution is 0.580. The molecule has 4 N–H and O–H groups in total. The van der Waals surface area contributed by atoms with Crippen molar-refractivity contribution in [3.05, 3.63) is 59.5 Å². The van der Waals surface area contributed by atoms with Gasteiger partial charge < -0.3 is 11.5 Å². The van der Waals surface area contributed by atoms with Gasteiger partial charge in [0.25, 0.3) is 0 Å². The molecule has 1 unspecified atom stereocenters. The van der Waals surface area contributed by atoms with Crippen molar-refractivity contribution in [1.29, 1.82) is 0 Å². The van der Waals surface area contributed by atoms with Gasteiger partial charge in [0.1, 0.15) is 11.6 Å². The molecule has 3 nitrogen and oxygen atoms in total. The molecule has 2 aromatic rings. The normalized spacial score (nSPS) is 12.4. The van der Waals surface area contributed by atoms with E-state index >= 15 is 0 Å². The van der Waals surface area contributed by atoms with Crippen molar-refractivity contribution in [1.82, 2.24) is 4.98 Å². The number of rotatable bonds is 3. The summed E-state index contributed by atoms with van der Waals surface area (Å²) in [6.07, 6.45) is 2.09. The Kier molecular flexibility index (Phi) is 3.35. The fourth-order valence-electron chi connectivity index (χ4n) is 1.75. The van der Waals surface area contributed by atoms with Crippen LogP contribution in [0.2, 0.25) is 0 Å². The zero-order chi connectivity index (χ0) is 12.3. The first-order chi connectivity index (χ1) is 8.18. The number of nitrogens with two attached hydrogens (primary N) is 2. The molecule has 2 rings (SSSR count). The second-order valence-corrected chi connectivity index (χ2v) is 3.88. The van der Waals surface area contributed by atoms with E-state index < -0.39 is 6.04 Å². The minimum atomic E-state index is -0.414. The van der Waals surface area contributed by atoms with E-state index in [0.717, 1.165) is 5.56 Å². The van der Waals surface area contributed by atoms with Gasteiger partial charge in [-0.2, -0.15) is 0 Å². The van der Waals surface area contributed by atoms with Crippen LogP contribution in [0.25, 0.3) is 0 Å². The van der Waals surface area contributed by atoms with Gasteiger partial charge in [0.05, 0.1) is 0 Å². The molecule has 0 spiro atoms. The quantitative estimate of drug-likeness (QED) is 0.849. The summed E-state index contributed by atoms with van der Waals surface area (Å²) in [5.74, 6) is 0.154. The third-order valence-corrected chi connectivity index (χ3v) is 2.67. The van der Waals surface area contributed by atoms with Crippen LogP contribution in [0.3, 0.4) is 0 Å². The van der Waals surface area contributed by atoms with Crippen molar-refractivity contribution in [2.24, 2.45) is 5.73 Å². The predicted octanol–water partition coefficient (Wildman–Crippen LogP) is 2.05. The van der Waals surface area contributed by atoms with E-state index in [4.69, 9.17) is 11.5 Å². The maximum absolute atomic E-state index is 13.5. The summed E-state index contributed by atoms with van der Waals surface area (Å²) >= 11 is 0. The molecule has 0 radical (unpaired) electrons. The topological polar surface area (TPSA) is 64.9 Å². The lowest BCUT2D eigenvalue weighted by atomic mass is 10.00. The number of benzene rings is 1. The first kappa shape index (κ1) is 11.5. The lowest BCUT2D eigenvalue weighted by Crippen LogP contribution is -2.16. The average Bonchev–Trinajstić information content (AvgIpc) is 2.32. The monoisotopic (exact) mass is 231 g/mol. The summed E-state index contributed by atoms with van der Waals surface area (Å²) < 4.78 is 13.5. The van der Waals surface area contributed by atoms with Crippen LogP contribution in [0.5, 0.6) is 0 Å². The molecule has 0 bridgehead atoms. The number of halogens is 1. The van der Waals surface area contributed by atoms with Crippen molar-refractivity contribution in [3.63, 3.8) is 0 Å². The molecule has 4 heteroatoms. The highest BCUT2D eigenvalue weighted by Crippen LogP contribution is 2.20. The largest absolute Gasteiger partial charge is 0.383 e. The molecule has 0 aliphatic carbocycles. The Bertz CT molecular complexity index is 514. The molecule has 0 amide bonds. The molecular formula is C13H14FN3. The second-order valence-electron chi connectivity index (χ2n) is 3.88. The Hall–Kier alpha value is -1.94. The van der Waals surface area contributed by atoms with Crippen LogP contribution in [0.15, 0.2) is 42.6 Å². The summed E-state index contributed by atoms with van der Waals surface area (Å²) in [6.45, 7) is 0. The van der Waals surface area contributed by atoms with Crippen LogP contribution in [0, 0.1) is 5.82 Å². The molecule has 1 heterocycles. The van der Waals surface area contributed by atoms with E-state index in [1.807, 2.05) is 6.07 Å². The number of nitrogens with zero attached hydrogens (tertiary/aromatic N) is 1. The van der Waals surface area contributed by atoms with Gasteiger partial charge in [0.2, 0.25) is 0 Å². The van der Waals surface area contributed by atoms with E-state index in [1.54, 1.807) is 30.5 Å². The molecule has 1 aromatic carbocycles. The fourth-order valence-corrected chi connectivity index (χ4v) is 1.75. The van der Waals surface area contributed by atoms with Gasteiger partial charge in [0, 0.05) is 17.8 Å². The van der Waals surface area contributed by atoms with Crippen molar-refractivity contribution < 1.29 is 4.39 Å². The number of hydrogen-bond acceptors (Lipinski definition) is 3. The van der Waals surface area contributed by atoms with Gasteiger partial charge in [-0.05, 0) is 24.1 Å². The molecule has 1 aromatic heterocycles. The van der Waals surface area contributed by atoms with Crippen LogP contribution in [0.4, 0.5) is 10.2 Å². The minimum absolute atomic E-state index is 0.289. The van der Waals surface area contributed by atoms with E-state index in [0.29, 0.717) is 17.8 Å². The lowest BCUT2D eigenvalue weighted by Gasteiger charge is -2.13. The van der Waals surface area contributed by atoms with Gasteiger partial charge in [-0.25, -0.2) is 9.37 Å².